The molecule has 1 aromatic heterocycles. The third-order valence-corrected chi connectivity index (χ3v) is 3.08. The van der Waals surface area contributed by atoms with Crippen molar-refractivity contribution in [1.82, 2.24) is 4.98 Å². The number of benzene rings is 2. The van der Waals surface area contributed by atoms with Crippen molar-refractivity contribution in [3.05, 3.63) is 55.1 Å². The predicted octanol–water partition coefficient (Wildman–Crippen LogP) is 3.59. The van der Waals surface area contributed by atoms with Gasteiger partial charge in [-0.25, -0.2) is 9.78 Å². The topological polar surface area (TPSA) is 61.6 Å². The lowest BCUT2D eigenvalue weighted by molar-refractivity contribution is -0.129. The fourth-order valence-corrected chi connectivity index (χ4v) is 2.04. The van der Waals surface area contributed by atoms with Gasteiger partial charge in [-0.05, 0) is 30.3 Å². The molecule has 0 aliphatic rings. The minimum absolute atomic E-state index is 0.284. The minimum atomic E-state index is -0.562. The highest BCUT2D eigenvalue weighted by atomic mass is 16.6. The van der Waals surface area contributed by atoms with Crippen LogP contribution in [0.4, 0.5) is 0 Å². The average Bonchev–Trinajstić information content (AvgIpc) is 2.98. The van der Waals surface area contributed by atoms with Gasteiger partial charge in [-0.15, -0.1) is 0 Å². The highest BCUT2D eigenvalue weighted by Crippen LogP contribution is 2.33. The summed E-state index contributed by atoms with van der Waals surface area (Å²) in [6.45, 7) is 3.38. The van der Waals surface area contributed by atoms with Gasteiger partial charge in [0.2, 0.25) is 5.89 Å². The van der Waals surface area contributed by atoms with E-state index >= 15 is 0 Å². The van der Waals surface area contributed by atoms with E-state index in [4.69, 9.17) is 13.9 Å². The molecule has 1 heterocycles. The number of carbonyl (C=O) groups excluding carboxylic acids is 1. The van der Waals surface area contributed by atoms with Crippen molar-refractivity contribution in [2.75, 3.05) is 7.11 Å². The summed E-state index contributed by atoms with van der Waals surface area (Å²) in [5.74, 6) is 0.606. The normalized spacial score (nSPS) is 10.4. The Morgan fingerprint density at radius 2 is 2.05 bits per heavy atom. The van der Waals surface area contributed by atoms with E-state index in [2.05, 4.69) is 11.6 Å². The molecular formula is C17H13NO4. The van der Waals surface area contributed by atoms with Crippen LogP contribution < -0.4 is 9.47 Å². The summed E-state index contributed by atoms with van der Waals surface area (Å²) < 4.78 is 16.0. The van der Waals surface area contributed by atoms with Gasteiger partial charge in [-0.1, -0.05) is 18.7 Å². The monoisotopic (exact) mass is 295 g/mol. The van der Waals surface area contributed by atoms with Crippen LogP contribution in [0, 0.1) is 0 Å². The molecule has 0 amide bonds. The smallest absolute Gasteiger partial charge is 0.335 e. The Balaban J connectivity index is 2.04. The maximum absolute atomic E-state index is 11.4. The number of ether oxygens (including phenoxy) is 2. The van der Waals surface area contributed by atoms with Crippen molar-refractivity contribution >= 4 is 17.1 Å². The number of hydrogen-bond acceptors (Lipinski definition) is 5. The van der Waals surface area contributed by atoms with E-state index in [1.54, 1.807) is 18.2 Å². The molecule has 3 aromatic rings. The van der Waals surface area contributed by atoms with Crippen molar-refractivity contribution in [3.63, 3.8) is 0 Å². The van der Waals surface area contributed by atoms with Crippen molar-refractivity contribution in [3.8, 4) is 23.0 Å². The Bertz CT molecular complexity index is 818. The van der Waals surface area contributed by atoms with Gasteiger partial charge in [0, 0.05) is 11.6 Å². The summed E-state index contributed by atoms with van der Waals surface area (Å²) in [6.07, 6.45) is 1.09. The first-order chi connectivity index (χ1) is 10.7. The van der Waals surface area contributed by atoms with E-state index < -0.39 is 5.97 Å². The molecule has 0 atom stereocenters. The molecule has 5 nitrogen and oxygen atoms in total. The third kappa shape index (κ3) is 2.56. The first-order valence-corrected chi connectivity index (χ1v) is 6.59. The van der Waals surface area contributed by atoms with E-state index in [0.717, 1.165) is 11.6 Å². The van der Waals surface area contributed by atoms with Gasteiger partial charge in [0.15, 0.2) is 17.1 Å². The molecule has 22 heavy (non-hydrogen) atoms. The first-order valence-electron chi connectivity index (χ1n) is 6.59. The van der Waals surface area contributed by atoms with Crippen molar-refractivity contribution < 1.29 is 18.7 Å². The Kier molecular flexibility index (Phi) is 3.62. The third-order valence-electron chi connectivity index (χ3n) is 3.08. The Labute approximate surface area is 126 Å². The predicted molar refractivity (Wildman–Crippen MR) is 81.8 cm³/mol. The molecule has 0 N–H and O–H groups in total. The molecule has 5 heteroatoms. The van der Waals surface area contributed by atoms with Gasteiger partial charge in [0.25, 0.3) is 0 Å². The lowest BCUT2D eigenvalue weighted by Gasteiger charge is -2.08. The number of fused-ring (bicyclic) bond motifs is 1. The number of para-hydroxylation sites is 2. The molecule has 0 saturated carbocycles. The molecule has 110 valence electrons. The molecule has 0 aliphatic heterocycles. The van der Waals surface area contributed by atoms with E-state index in [-0.39, 0.29) is 5.75 Å². The van der Waals surface area contributed by atoms with E-state index in [1.165, 1.54) is 7.11 Å². The van der Waals surface area contributed by atoms with Crippen LogP contribution in [0.3, 0.4) is 0 Å². The number of methoxy groups -OCH3 is 1. The molecule has 0 fully saturated rings. The summed E-state index contributed by atoms with van der Waals surface area (Å²) in [4.78, 5) is 15.8. The van der Waals surface area contributed by atoms with Gasteiger partial charge in [0.05, 0.1) is 7.11 Å². The fraction of sp³-hybridized carbons (Fsp3) is 0.0588. The zero-order chi connectivity index (χ0) is 15.5. The molecule has 3 rings (SSSR count). The van der Waals surface area contributed by atoms with Crippen LogP contribution in [0.5, 0.6) is 11.5 Å². The van der Waals surface area contributed by atoms with Crippen LogP contribution in [-0.4, -0.2) is 18.1 Å². The van der Waals surface area contributed by atoms with Crippen LogP contribution in [0.25, 0.3) is 22.6 Å². The van der Waals surface area contributed by atoms with E-state index in [0.29, 0.717) is 22.8 Å². The van der Waals surface area contributed by atoms with Crippen LogP contribution in [0.15, 0.2) is 59.5 Å². The molecule has 0 saturated heterocycles. The van der Waals surface area contributed by atoms with Gasteiger partial charge in [0.1, 0.15) is 5.52 Å². The Morgan fingerprint density at radius 1 is 1.23 bits per heavy atom. The highest BCUT2D eigenvalue weighted by Gasteiger charge is 2.13. The maximum atomic E-state index is 11.4. The minimum Gasteiger partial charge on any atom is -0.493 e. The van der Waals surface area contributed by atoms with Crippen molar-refractivity contribution in [1.29, 1.82) is 0 Å². The maximum Gasteiger partial charge on any atom is 0.335 e. The van der Waals surface area contributed by atoms with E-state index in [9.17, 15) is 4.79 Å². The lowest BCUT2D eigenvalue weighted by Crippen LogP contribution is -2.04. The van der Waals surface area contributed by atoms with Gasteiger partial charge >= 0.3 is 5.97 Å². The summed E-state index contributed by atoms with van der Waals surface area (Å²) in [5.41, 5.74) is 2.14. The highest BCUT2D eigenvalue weighted by molar-refractivity contribution is 5.84. The summed E-state index contributed by atoms with van der Waals surface area (Å²) >= 11 is 0. The number of nitrogens with zero attached hydrogens (tertiary/aromatic N) is 1. The summed E-state index contributed by atoms with van der Waals surface area (Å²) in [6, 6.07) is 12.6. The number of aromatic nitrogens is 1. The second-order valence-corrected chi connectivity index (χ2v) is 4.48. The Hall–Kier alpha value is -3.08. The summed E-state index contributed by atoms with van der Waals surface area (Å²) in [7, 11) is 1.50. The number of rotatable bonds is 4. The SMILES string of the molecule is C=CC(=O)Oc1cc(-c2nc3ccccc3o2)ccc1OC. The standard InChI is InChI=1S/C17H13NO4/c1-3-16(19)21-15-10-11(8-9-14(15)20-2)17-18-12-6-4-5-7-13(12)22-17/h3-10H,1H2,2H3. The number of oxazole rings is 1. The molecular weight excluding hydrogens is 282 g/mol. The molecule has 0 radical (unpaired) electrons. The molecule has 0 spiro atoms. The van der Waals surface area contributed by atoms with Crippen LogP contribution in [-0.2, 0) is 4.79 Å². The zero-order valence-electron chi connectivity index (χ0n) is 11.9. The first kappa shape index (κ1) is 13.9. The van der Waals surface area contributed by atoms with Crippen LogP contribution in [0.2, 0.25) is 0 Å². The van der Waals surface area contributed by atoms with E-state index in [1.807, 2.05) is 24.3 Å². The number of hydrogen-bond donors (Lipinski definition) is 0. The fourth-order valence-electron chi connectivity index (χ4n) is 2.04. The van der Waals surface area contributed by atoms with Gasteiger partial charge in [-0.3, -0.25) is 0 Å². The second-order valence-electron chi connectivity index (χ2n) is 4.48. The molecule has 0 aliphatic carbocycles. The van der Waals surface area contributed by atoms with Crippen molar-refractivity contribution in [2.45, 2.75) is 0 Å². The number of carbonyl (C=O) groups is 1. The quantitative estimate of drug-likeness (QED) is 0.418. The molecule has 2 aromatic carbocycles. The average molecular weight is 295 g/mol. The second kappa shape index (κ2) is 5.73. The number of esters is 1. The lowest BCUT2D eigenvalue weighted by atomic mass is 10.2. The largest absolute Gasteiger partial charge is 0.493 e. The van der Waals surface area contributed by atoms with Crippen molar-refractivity contribution in [2.24, 2.45) is 0 Å². The van der Waals surface area contributed by atoms with Crippen LogP contribution in [0.1, 0.15) is 0 Å². The van der Waals surface area contributed by atoms with Gasteiger partial charge < -0.3 is 13.9 Å². The molecule has 0 bridgehead atoms. The molecule has 0 unspecified atom stereocenters. The zero-order valence-corrected chi connectivity index (χ0v) is 11.9. The summed E-state index contributed by atoms with van der Waals surface area (Å²) in [5, 5.41) is 0. The van der Waals surface area contributed by atoms with Crippen LogP contribution >= 0.6 is 0 Å². The van der Waals surface area contributed by atoms with Gasteiger partial charge in [-0.2, -0.15) is 0 Å². The Morgan fingerprint density at radius 3 is 2.77 bits per heavy atom.